The molecule has 1 aliphatic rings. The Morgan fingerprint density at radius 1 is 0.931 bits per heavy atom. The summed E-state index contributed by atoms with van der Waals surface area (Å²) in [5.74, 6) is -0.638. The summed E-state index contributed by atoms with van der Waals surface area (Å²) in [6.07, 6.45) is 1.76. The zero-order valence-electron chi connectivity index (χ0n) is 16.5. The first-order valence-electron chi connectivity index (χ1n) is 9.60. The fraction of sp³-hybridized carbons (Fsp3) is 0.333. The fourth-order valence-electron chi connectivity index (χ4n) is 3.02. The summed E-state index contributed by atoms with van der Waals surface area (Å²) in [4.78, 5) is 24.6. The summed E-state index contributed by atoms with van der Waals surface area (Å²) in [5, 5.41) is 5.51. The van der Waals surface area contributed by atoms with E-state index < -0.39 is 10.0 Å². The molecule has 2 amide bonds. The molecule has 1 fully saturated rings. The van der Waals surface area contributed by atoms with Crippen LogP contribution in [0.2, 0.25) is 0 Å². The van der Waals surface area contributed by atoms with Gasteiger partial charge in [-0.2, -0.15) is 4.31 Å². The van der Waals surface area contributed by atoms with E-state index in [-0.39, 0.29) is 22.6 Å². The number of anilines is 2. The second-order valence-electron chi connectivity index (χ2n) is 7.31. The summed E-state index contributed by atoms with van der Waals surface area (Å²) in [5.41, 5.74) is 1.43. The highest BCUT2D eigenvalue weighted by molar-refractivity contribution is 7.89. The minimum atomic E-state index is -3.48. The number of hydrogen-bond acceptors (Lipinski definition) is 4. The molecule has 29 heavy (non-hydrogen) atoms. The molecule has 1 saturated heterocycles. The molecule has 0 unspecified atom stereocenters. The highest BCUT2D eigenvalue weighted by Gasteiger charge is 2.26. The van der Waals surface area contributed by atoms with Crippen LogP contribution in [0, 0.1) is 5.92 Å². The van der Waals surface area contributed by atoms with Gasteiger partial charge in [-0.3, -0.25) is 9.59 Å². The highest BCUT2D eigenvalue weighted by atomic mass is 32.2. The van der Waals surface area contributed by atoms with Crippen LogP contribution in [0.1, 0.15) is 37.0 Å². The molecule has 154 valence electrons. The van der Waals surface area contributed by atoms with E-state index in [1.807, 2.05) is 0 Å². The van der Waals surface area contributed by atoms with Crippen LogP contribution in [-0.2, 0) is 14.8 Å². The molecular formula is C21H25N3O4S. The molecule has 8 heteroatoms. The Kier molecular flexibility index (Phi) is 6.34. The molecule has 2 aromatic rings. The SMILES string of the molecule is CC(C)C(=O)Nc1cccc(C(=O)Nc2ccc(S(=O)(=O)N3CCCC3)cc2)c1. The van der Waals surface area contributed by atoms with Crippen molar-refractivity contribution in [2.24, 2.45) is 5.92 Å². The predicted molar refractivity (Wildman–Crippen MR) is 112 cm³/mol. The summed E-state index contributed by atoms with van der Waals surface area (Å²) >= 11 is 0. The van der Waals surface area contributed by atoms with Gasteiger partial charge >= 0.3 is 0 Å². The molecule has 0 aromatic heterocycles. The minimum Gasteiger partial charge on any atom is -0.326 e. The van der Waals surface area contributed by atoms with Crippen molar-refractivity contribution in [1.29, 1.82) is 0 Å². The molecule has 0 aliphatic carbocycles. The normalized spacial score (nSPS) is 14.7. The molecule has 0 saturated carbocycles. The monoisotopic (exact) mass is 415 g/mol. The molecule has 0 radical (unpaired) electrons. The standard InChI is InChI=1S/C21H25N3O4S/c1-15(2)20(25)23-18-7-5-6-16(14-18)21(26)22-17-8-10-19(11-9-17)29(27,28)24-12-3-4-13-24/h5-11,14-15H,3-4,12-13H2,1-2H3,(H,22,26)(H,23,25). The molecule has 2 N–H and O–H groups in total. The number of carbonyl (C=O) groups excluding carboxylic acids is 2. The van der Waals surface area contributed by atoms with Crippen molar-refractivity contribution in [1.82, 2.24) is 4.31 Å². The van der Waals surface area contributed by atoms with E-state index in [0.29, 0.717) is 30.0 Å². The van der Waals surface area contributed by atoms with E-state index in [4.69, 9.17) is 0 Å². The van der Waals surface area contributed by atoms with Crippen LogP contribution in [0.5, 0.6) is 0 Å². The molecule has 0 bridgehead atoms. The lowest BCUT2D eigenvalue weighted by molar-refractivity contribution is -0.118. The van der Waals surface area contributed by atoms with Gasteiger partial charge in [0.2, 0.25) is 15.9 Å². The Bertz CT molecular complexity index is 995. The van der Waals surface area contributed by atoms with Gasteiger partial charge in [0.25, 0.3) is 5.91 Å². The Morgan fingerprint density at radius 2 is 1.59 bits per heavy atom. The lowest BCUT2D eigenvalue weighted by Gasteiger charge is -2.15. The summed E-state index contributed by atoms with van der Waals surface area (Å²) < 4.78 is 26.6. The van der Waals surface area contributed by atoms with Crippen LogP contribution in [-0.4, -0.2) is 37.6 Å². The Morgan fingerprint density at radius 3 is 2.21 bits per heavy atom. The van der Waals surface area contributed by atoms with Crippen molar-refractivity contribution >= 4 is 33.2 Å². The number of nitrogens with zero attached hydrogens (tertiary/aromatic N) is 1. The van der Waals surface area contributed by atoms with E-state index in [1.54, 1.807) is 50.2 Å². The van der Waals surface area contributed by atoms with E-state index in [1.165, 1.54) is 16.4 Å². The first kappa shape index (κ1) is 21.0. The second-order valence-corrected chi connectivity index (χ2v) is 9.25. The van der Waals surface area contributed by atoms with Gasteiger partial charge in [-0.05, 0) is 55.3 Å². The molecule has 1 aliphatic heterocycles. The second kappa shape index (κ2) is 8.75. The average Bonchev–Trinajstić information content (AvgIpc) is 3.24. The largest absolute Gasteiger partial charge is 0.326 e. The van der Waals surface area contributed by atoms with E-state index in [2.05, 4.69) is 10.6 Å². The van der Waals surface area contributed by atoms with Gasteiger partial charge in [0.15, 0.2) is 0 Å². The van der Waals surface area contributed by atoms with Crippen molar-refractivity contribution in [3.63, 3.8) is 0 Å². The van der Waals surface area contributed by atoms with Crippen molar-refractivity contribution in [2.75, 3.05) is 23.7 Å². The van der Waals surface area contributed by atoms with E-state index in [9.17, 15) is 18.0 Å². The van der Waals surface area contributed by atoms with Crippen molar-refractivity contribution in [3.8, 4) is 0 Å². The Hall–Kier alpha value is -2.71. The number of carbonyl (C=O) groups is 2. The quantitative estimate of drug-likeness (QED) is 0.757. The average molecular weight is 416 g/mol. The van der Waals surface area contributed by atoms with Crippen LogP contribution in [0.15, 0.2) is 53.4 Å². The number of hydrogen-bond donors (Lipinski definition) is 2. The van der Waals surface area contributed by atoms with Crippen molar-refractivity contribution in [2.45, 2.75) is 31.6 Å². The number of rotatable bonds is 6. The summed E-state index contributed by atoms with van der Waals surface area (Å²) in [7, 11) is -3.48. The predicted octanol–water partition coefficient (Wildman–Crippen LogP) is 3.32. The molecule has 1 heterocycles. The zero-order valence-corrected chi connectivity index (χ0v) is 17.3. The van der Waals surface area contributed by atoms with E-state index >= 15 is 0 Å². The maximum absolute atomic E-state index is 12.6. The summed E-state index contributed by atoms with van der Waals surface area (Å²) in [6.45, 7) is 4.67. The third kappa shape index (κ3) is 5.02. The Labute approximate surface area is 171 Å². The van der Waals surface area contributed by atoms with Gasteiger partial charge in [0, 0.05) is 35.9 Å². The fourth-order valence-corrected chi connectivity index (χ4v) is 4.53. The third-order valence-corrected chi connectivity index (χ3v) is 6.64. The number of amides is 2. The van der Waals surface area contributed by atoms with Crippen molar-refractivity contribution < 1.29 is 18.0 Å². The van der Waals surface area contributed by atoms with Crippen LogP contribution in [0.25, 0.3) is 0 Å². The number of sulfonamides is 1. The molecule has 7 nitrogen and oxygen atoms in total. The van der Waals surface area contributed by atoms with Crippen LogP contribution in [0.3, 0.4) is 0 Å². The maximum Gasteiger partial charge on any atom is 0.255 e. The molecule has 0 atom stereocenters. The first-order chi connectivity index (χ1) is 13.8. The third-order valence-electron chi connectivity index (χ3n) is 4.73. The highest BCUT2D eigenvalue weighted by Crippen LogP contribution is 2.22. The van der Waals surface area contributed by atoms with Crippen LogP contribution < -0.4 is 10.6 Å². The molecular weight excluding hydrogens is 390 g/mol. The summed E-state index contributed by atoms with van der Waals surface area (Å²) in [6, 6.07) is 12.8. The van der Waals surface area contributed by atoms with Gasteiger partial charge in [-0.25, -0.2) is 8.42 Å². The van der Waals surface area contributed by atoms with Crippen LogP contribution in [0.4, 0.5) is 11.4 Å². The molecule has 0 spiro atoms. The van der Waals surface area contributed by atoms with Crippen molar-refractivity contribution in [3.05, 3.63) is 54.1 Å². The zero-order chi connectivity index (χ0) is 21.0. The van der Waals surface area contributed by atoms with Crippen LogP contribution >= 0.6 is 0 Å². The Balaban J connectivity index is 1.69. The van der Waals surface area contributed by atoms with Gasteiger partial charge < -0.3 is 10.6 Å². The van der Waals surface area contributed by atoms with Gasteiger partial charge in [0.05, 0.1) is 4.90 Å². The topological polar surface area (TPSA) is 95.6 Å². The minimum absolute atomic E-state index is 0.127. The number of benzene rings is 2. The first-order valence-corrected chi connectivity index (χ1v) is 11.0. The van der Waals surface area contributed by atoms with Gasteiger partial charge in [-0.15, -0.1) is 0 Å². The smallest absolute Gasteiger partial charge is 0.255 e. The van der Waals surface area contributed by atoms with Gasteiger partial charge in [-0.1, -0.05) is 19.9 Å². The van der Waals surface area contributed by atoms with E-state index in [0.717, 1.165) is 12.8 Å². The lowest BCUT2D eigenvalue weighted by atomic mass is 10.1. The molecule has 3 rings (SSSR count). The number of nitrogens with one attached hydrogen (secondary N) is 2. The maximum atomic E-state index is 12.6. The van der Waals surface area contributed by atoms with Gasteiger partial charge in [0.1, 0.15) is 0 Å². The lowest BCUT2D eigenvalue weighted by Crippen LogP contribution is -2.27. The molecule has 2 aromatic carbocycles.